The van der Waals surface area contributed by atoms with Crippen LogP contribution in [0.1, 0.15) is 38.1 Å². The van der Waals surface area contributed by atoms with E-state index in [1.807, 2.05) is 32.4 Å². The summed E-state index contributed by atoms with van der Waals surface area (Å²) in [4.78, 5) is 0. The quantitative estimate of drug-likeness (QED) is 0.917. The van der Waals surface area contributed by atoms with E-state index in [1.54, 1.807) is 0 Å². The molecule has 0 aliphatic heterocycles. The van der Waals surface area contributed by atoms with Crippen molar-refractivity contribution in [1.29, 1.82) is 0 Å². The summed E-state index contributed by atoms with van der Waals surface area (Å²) in [5.41, 5.74) is 1.41. The number of rotatable bonds is 4. The molecule has 1 aromatic heterocycles. The van der Waals surface area contributed by atoms with Crippen molar-refractivity contribution in [3.05, 3.63) is 15.9 Å². The lowest BCUT2D eigenvalue weighted by atomic mass is 9.98. The van der Waals surface area contributed by atoms with Crippen LogP contribution in [-0.2, 0) is 6.54 Å². The normalized spacial score (nSPS) is 12.1. The smallest absolute Gasteiger partial charge is 0.0837 e. The number of halogens is 1. The fourth-order valence-corrected chi connectivity index (χ4v) is 1.87. The average molecular weight is 275 g/mol. The van der Waals surface area contributed by atoms with E-state index in [4.69, 9.17) is 0 Å². The van der Waals surface area contributed by atoms with Crippen LogP contribution in [-0.4, -0.2) is 20.5 Å². The second-order valence-corrected chi connectivity index (χ2v) is 4.87. The Morgan fingerprint density at radius 1 is 1.33 bits per heavy atom. The molecule has 4 heteroatoms. The molecule has 0 unspecified atom stereocenters. The number of nitrogens with zero attached hydrogens (tertiary/aromatic N) is 2. The Labute approximate surface area is 99.6 Å². The van der Waals surface area contributed by atoms with E-state index < -0.39 is 5.60 Å². The van der Waals surface area contributed by atoms with Gasteiger partial charge in [0.1, 0.15) is 0 Å². The molecular formula is C11H19BrN2O. The molecule has 0 radical (unpaired) electrons. The molecule has 1 N–H and O–H groups in total. The van der Waals surface area contributed by atoms with E-state index in [2.05, 4.69) is 21.0 Å². The van der Waals surface area contributed by atoms with Crippen LogP contribution in [0.25, 0.3) is 0 Å². The lowest BCUT2D eigenvalue weighted by Crippen LogP contribution is -2.33. The summed E-state index contributed by atoms with van der Waals surface area (Å²) in [7, 11) is 0. The van der Waals surface area contributed by atoms with Crippen molar-refractivity contribution in [3.8, 4) is 0 Å². The molecule has 1 rings (SSSR count). The van der Waals surface area contributed by atoms with Crippen molar-refractivity contribution < 1.29 is 5.11 Å². The standard InChI is InChI=1S/C11H19BrN2O/c1-5-11(15,6-2)7-14-9(4)10(12)8(3)13-14/h15H,5-7H2,1-4H3. The zero-order valence-corrected chi connectivity index (χ0v) is 11.4. The van der Waals surface area contributed by atoms with Gasteiger partial charge in [0.25, 0.3) is 0 Å². The van der Waals surface area contributed by atoms with Crippen LogP contribution in [0.15, 0.2) is 4.47 Å². The summed E-state index contributed by atoms with van der Waals surface area (Å²) < 4.78 is 2.92. The van der Waals surface area contributed by atoms with Crippen LogP contribution < -0.4 is 0 Å². The lowest BCUT2D eigenvalue weighted by molar-refractivity contribution is 0.0112. The monoisotopic (exact) mass is 274 g/mol. The predicted molar refractivity (Wildman–Crippen MR) is 64.9 cm³/mol. The Balaban J connectivity index is 2.94. The fourth-order valence-electron chi connectivity index (χ4n) is 1.58. The third kappa shape index (κ3) is 2.61. The van der Waals surface area contributed by atoms with Gasteiger partial charge in [0, 0.05) is 5.69 Å². The molecule has 86 valence electrons. The average Bonchev–Trinajstić information content (AvgIpc) is 2.46. The molecule has 0 saturated heterocycles. The van der Waals surface area contributed by atoms with E-state index >= 15 is 0 Å². The minimum Gasteiger partial charge on any atom is -0.388 e. The first kappa shape index (κ1) is 12.7. The third-order valence-corrected chi connectivity index (χ3v) is 4.20. The first-order valence-electron chi connectivity index (χ1n) is 5.35. The highest BCUT2D eigenvalue weighted by atomic mass is 79.9. The molecule has 0 spiro atoms. The van der Waals surface area contributed by atoms with Gasteiger partial charge in [-0.3, -0.25) is 4.68 Å². The highest BCUT2D eigenvalue weighted by molar-refractivity contribution is 9.10. The van der Waals surface area contributed by atoms with E-state index in [-0.39, 0.29) is 0 Å². The molecule has 1 heterocycles. The molecule has 1 aromatic rings. The molecule has 0 bridgehead atoms. The topological polar surface area (TPSA) is 38.0 Å². The summed E-state index contributed by atoms with van der Waals surface area (Å²) in [6, 6.07) is 0. The van der Waals surface area contributed by atoms with Gasteiger partial charge >= 0.3 is 0 Å². The number of aromatic nitrogens is 2. The molecule has 0 fully saturated rings. The van der Waals surface area contributed by atoms with Crippen LogP contribution in [0.2, 0.25) is 0 Å². The van der Waals surface area contributed by atoms with Crippen molar-refractivity contribution in [2.45, 2.75) is 52.7 Å². The molecule has 0 saturated carbocycles. The maximum Gasteiger partial charge on any atom is 0.0837 e. The van der Waals surface area contributed by atoms with Crippen molar-refractivity contribution in [2.24, 2.45) is 0 Å². The number of aliphatic hydroxyl groups is 1. The number of hydrogen-bond acceptors (Lipinski definition) is 2. The van der Waals surface area contributed by atoms with E-state index in [9.17, 15) is 5.11 Å². The Morgan fingerprint density at radius 3 is 2.20 bits per heavy atom. The second kappa shape index (κ2) is 4.66. The van der Waals surface area contributed by atoms with Crippen molar-refractivity contribution in [3.63, 3.8) is 0 Å². The van der Waals surface area contributed by atoms with Gasteiger partial charge in [0.05, 0.1) is 22.3 Å². The van der Waals surface area contributed by atoms with Crippen LogP contribution in [0.4, 0.5) is 0 Å². The molecule has 0 amide bonds. The summed E-state index contributed by atoms with van der Waals surface area (Å²) in [6.45, 7) is 8.55. The minimum atomic E-state index is -0.636. The van der Waals surface area contributed by atoms with Crippen molar-refractivity contribution in [2.75, 3.05) is 0 Å². The lowest BCUT2D eigenvalue weighted by Gasteiger charge is -2.25. The van der Waals surface area contributed by atoms with Crippen molar-refractivity contribution >= 4 is 15.9 Å². The first-order chi connectivity index (χ1) is 6.93. The highest BCUT2D eigenvalue weighted by Crippen LogP contribution is 2.23. The SMILES string of the molecule is CCC(O)(CC)Cn1nc(C)c(Br)c1C. The molecule has 0 aliphatic rings. The largest absolute Gasteiger partial charge is 0.388 e. The molecule has 0 atom stereocenters. The van der Waals surface area contributed by atoms with E-state index in [0.29, 0.717) is 6.54 Å². The molecule has 0 aromatic carbocycles. The van der Waals surface area contributed by atoms with Crippen LogP contribution in [0.3, 0.4) is 0 Å². The van der Waals surface area contributed by atoms with Gasteiger partial charge in [-0.1, -0.05) is 13.8 Å². The van der Waals surface area contributed by atoms with Gasteiger partial charge in [-0.25, -0.2) is 0 Å². The molecule has 0 aliphatic carbocycles. The molecule has 3 nitrogen and oxygen atoms in total. The minimum absolute atomic E-state index is 0.568. The summed E-state index contributed by atoms with van der Waals surface area (Å²) in [5.74, 6) is 0. The van der Waals surface area contributed by atoms with Crippen molar-refractivity contribution in [1.82, 2.24) is 9.78 Å². The van der Waals surface area contributed by atoms with Crippen LogP contribution >= 0.6 is 15.9 Å². The summed E-state index contributed by atoms with van der Waals surface area (Å²) in [5, 5.41) is 14.6. The zero-order valence-electron chi connectivity index (χ0n) is 9.84. The molecule has 15 heavy (non-hydrogen) atoms. The van der Waals surface area contributed by atoms with E-state index in [1.165, 1.54) is 0 Å². The zero-order chi connectivity index (χ0) is 11.6. The third-order valence-electron chi connectivity index (χ3n) is 3.05. The Morgan fingerprint density at radius 2 is 1.87 bits per heavy atom. The Bertz CT molecular complexity index is 343. The number of hydrogen-bond donors (Lipinski definition) is 1. The summed E-state index contributed by atoms with van der Waals surface area (Å²) in [6.07, 6.45) is 1.50. The van der Waals surface area contributed by atoms with Gasteiger partial charge in [-0.15, -0.1) is 0 Å². The van der Waals surface area contributed by atoms with Crippen LogP contribution in [0, 0.1) is 13.8 Å². The Kier molecular flexibility index (Phi) is 3.95. The van der Waals surface area contributed by atoms with Gasteiger partial charge in [0.2, 0.25) is 0 Å². The molecular weight excluding hydrogens is 256 g/mol. The van der Waals surface area contributed by atoms with Gasteiger partial charge in [0.15, 0.2) is 0 Å². The second-order valence-electron chi connectivity index (χ2n) is 4.07. The Hall–Kier alpha value is -0.350. The summed E-state index contributed by atoms with van der Waals surface area (Å²) >= 11 is 3.49. The maximum absolute atomic E-state index is 10.2. The maximum atomic E-state index is 10.2. The van der Waals surface area contributed by atoms with Crippen LogP contribution in [0.5, 0.6) is 0 Å². The van der Waals surface area contributed by atoms with Gasteiger partial charge < -0.3 is 5.11 Å². The predicted octanol–water partition coefficient (Wildman–Crippen LogP) is 2.81. The fraction of sp³-hybridized carbons (Fsp3) is 0.727. The van der Waals surface area contributed by atoms with Gasteiger partial charge in [-0.05, 0) is 42.6 Å². The highest BCUT2D eigenvalue weighted by Gasteiger charge is 2.24. The van der Waals surface area contributed by atoms with E-state index in [0.717, 1.165) is 28.7 Å². The first-order valence-corrected chi connectivity index (χ1v) is 6.14. The number of aryl methyl sites for hydroxylation is 1. The van der Waals surface area contributed by atoms with Gasteiger partial charge in [-0.2, -0.15) is 5.10 Å².